The number of rotatable bonds is 5. The smallest absolute Gasteiger partial charge is 0.429 e. The third-order valence-electron chi connectivity index (χ3n) is 3.23. The van der Waals surface area contributed by atoms with E-state index in [9.17, 15) is 13.2 Å². The Kier molecular flexibility index (Phi) is 5.63. The van der Waals surface area contributed by atoms with Gasteiger partial charge in [-0.15, -0.1) is 22.4 Å². The summed E-state index contributed by atoms with van der Waals surface area (Å²) < 4.78 is 46.7. The molecule has 117 valence electrons. The molecule has 1 unspecified atom stereocenters. The molecule has 2 nitrogen and oxygen atoms in total. The Bertz CT molecular complexity index is 501. The largest absolute Gasteiger partial charge is 0.573 e. The van der Waals surface area contributed by atoms with Crippen LogP contribution in [0.2, 0.25) is 5.02 Å². The van der Waals surface area contributed by atoms with E-state index in [1.165, 1.54) is 19.6 Å². The SMILES string of the molecule is CC(C)(P)C(C)(C)O[B]c1cc(Cl)ccc1OC(F)(F)F. The zero-order valence-electron chi connectivity index (χ0n) is 12.2. The zero-order chi connectivity index (χ0) is 16.5. The molecule has 0 aliphatic carbocycles. The fraction of sp³-hybridized carbons (Fsp3) is 0.538. The fourth-order valence-electron chi connectivity index (χ4n) is 1.19. The molecule has 0 aliphatic heterocycles. The lowest BCUT2D eigenvalue weighted by atomic mass is 9.83. The number of hydrogen-bond acceptors (Lipinski definition) is 2. The molecule has 0 fully saturated rings. The molecule has 1 aromatic carbocycles. The van der Waals surface area contributed by atoms with E-state index in [0.717, 1.165) is 6.07 Å². The van der Waals surface area contributed by atoms with E-state index in [1.54, 1.807) is 0 Å². The summed E-state index contributed by atoms with van der Waals surface area (Å²) in [5.74, 6) is -0.357. The Hall–Kier alpha value is -0.445. The van der Waals surface area contributed by atoms with E-state index < -0.39 is 12.0 Å². The second-order valence-corrected chi connectivity index (χ2v) is 7.58. The number of hydrogen-bond donors (Lipinski definition) is 0. The predicted octanol–water partition coefficient (Wildman–Crippen LogP) is 3.93. The molecule has 0 bridgehead atoms. The standard InChI is InChI=1S/C13H17BClF3O2P/c1-11(2,12(3,4)21)20-14-9-7-8(15)5-6-10(9)19-13(16,17)18/h5-7H,21H2,1-4H3. The average Bonchev–Trinajstić information content (AvgIpc) is 2.26. The molecule has 0 heterocycles. The predicted molar refractivity (Wildman–Crippen MR) is 82.5 cm³/mol. The first-order valence-corrected chi connectivity index (χ1v) is 7.12. The molecule has 0 amide bonds. The van der Waals surface area contributed by atoms with Crippen molar-refractivity contribution >= 4 is 33.8 Å². The normalized spacial score (nSPS) is 13.2. The topological polar surface area (TPSA) is 18.5 Å². The van der Waals surface area contributed by atoms with Crippen molar-refractivity contribution in [2.45, 2.75) is 44.8 Å². The summed E-state index contributed by atoms with van der Waals surface area (Å²) in [5, 5.41) is 0.00921. The molecule has 1 aromatic rings. The summed E-state index contributed by atoms with van der Waals surface area (Å²) in [6.45, 7) is 7.56. The van der Waals surface area contributed by atoms with Gasteiger partial charge in [0.2, 0.25) is 0 Å². The van der Waals surface area contributed by atoms with Crippen LogP contribution in [-0.4, -0.2) is 24.6 Å². The maximum Gasteiger partial charge on any atom is 0.573 e. The summed E-state index contributed by atoms with van der Waals surface area (Å²) in [4.78, 5) is 0. The van der Waals surface area contributed by atoms with E-state index in [1.807, 2.05) is 27.7 Å². The first-order chi connectivity index (χ1) is 9.32. The Morgan fingerprint density at radius 1 is 1.14 bits per heavy atom. The zero-order valence-corrected chi connectivity index (χ0v) is 14.1. The van der Waals surface area contributed by atoms with Crippen LogP contribution in [0.1, 0.15) is 27.7 Å². The van der Waals surface area contributed by atoms with Gasteiger partial charge in [0.25, 0.3) is 0 Å². The van der Waals surface area contributed by atoms with Crippen molar-refractivity contribution in [1.82, 2.24) is 0 Å². The van der Waals surface area contributed by atoms with Crippen LogP contribution in [0.25, 0.3) is 0 Å². The molecule has 1 atom stereocenters. The summed E-state index contributed by atoms with van der Waals surface area (Å²) in [7, 11) is 3.88. The van der Waals surface area contributed by atoms with Gasteiger partial charge in [-0.1, -0.05) is 25.4 Å². The Labute approximate surface area is 130 Å². The lowest BCUT2D eigenvalue weighted by molar-refractivity contribution is -0.274. The highest BCUT2D eigenvalue weighted by molar-refractivity contribution is 7.19. The minimum absolute atomic E-state index is 0.127. The van der Waals surface area contributed by atoms with Crippen molar-refractivity contribution in [3.05, 3.63) is 23.2 Å². The van der Waals surface area contributed by atoms with Gasteiger partial charge in [-0.2, -0.15) is 0 Å². The van der Waals surface area contributed by atoms with Crippen LogP contribution in [-0.2, 0) is 4.65 Å². The van der Waals surface area contributed by atoms with Crippen LogP contribution >= 0.6 is 20.8 Å². The summed E-state index contributed by atoms with van der Waals surface area (Å²) in [5.41, 5.74) is -0.489. The Morgan fingerprint density at radius 3 is 2.19 bits per heavy atom. The number of ether oxygens (including phenoxy) is 1. The van der Waals surface area contributed by atoms with Crippen LogP contribution in [0.15, 0.2) is 18.2 Å². The Morgan fingerprint density at radius 2 is 1.71 bits per heavy atom. The molecule has 0 aliphatic rings. The molecule has 8 heteroatoms. The van der Waals surface area contributed by atoms with E-state index in [2.05, 4.69) is 14.0 Å². The molecule has 0 aromatic heterocycles. The van der Waals surface area contributed by atoms with Gasteiger partial charge in [0, 0.05) is 10.2 Å². The van der Waals surface area contributed by atoms with Crippen molar-refractivity contribution in [3.8, 4) is 5.75 Å². The van der Waals surface area contributed by atoms with Crippen LogP contribution in [0.5, 0.6) is 5.75 Å². The van der Waals surface area contributed by atoms with Crippen molar-refractivity contribution in [2.75, 3.05) is 0 Å². The van der Waals surface area contributed by atoms with E-state index in [-0.39, 0.29) is 16.4 Å². The molecule has 0 spiro atoms. The molecule has 0 N–H and O–H groups in total. The molecule has 21 heavy (non-hydrogen) atoms. The van der Waals surface area contributed by atoms with Gasteiger partial charge in [0.1, 0.15) is 5.75 Å². The number of halogens is 4. The third-order valence-corrected chi connectivity index (χ3v) is 4.16. The van der Waals surface area contributed by atoms with Gasteiger partial charge >= 0.3 is 13.8 Å². The molecule has 0 saturated heterocycles. The third kappa shape index (κ3) is 5.69. The Balaban J connectivity index is 2.95. The van der Waals surface area contributed by atoms with Gasteiger partial charge in [0.05, 0.1) is 5.60 Å². The minimum Gasteiger partial charge on any atom is -0.429 e. The summed E-state index contributed by atoms with van der Waals surface area (Å²) in [6, 6.07) is 3.84. The first-order valence-electron chi connectivity index (χ1n) is 6.17. The van der Waals surface area contributed by atoms with Gasteiger partial charge in [-0.25, -0.2) is 0 Å². The molecule has 1 radical (unpaired) electrons. The van der Waals surface area contributed by atoms with Gasteiger partial charge < -0.3 is 9.39 Å². The van der Waals surface area contributed by atoms with Gasteiger partial charge in [0.15, 0.2) is 0 Å². The van der Waals surface area contributed by atoms with Gasteiger partial charge in [-0.05, 0) is 37.5 Å². The molecule has 0 saturated carbocycles. The molecular weight excluding hydrogens is 322 g/mol. The van der Waals surface area contributed by atoms with Crippen molar-refractivity contribution in [1.29, 1.82) is 0 Å². The summed E-state index contributed by atoms with van der Waals surface area (Å²) in [6.07, 6.45) is -4.77. The van der Waals surface area contributed by atoms with Crippen LogP contribution in [0.4, 0.5) is 13.2 Å². The maximum absolute atomic E-state index is 12.4. The number of alkyl halides is 3. The summed E-state index contributed by atoms with van der Waals surface area (Å²) >= 11 is 5.81. The number of benzene rings is 1. The van der Waals surface area contributed by atoms with E-state index in [4.69, 9.17) is 16.3 Å². The first kappa shape index (κ1) is 18.6. The van der Waals surface area contributed by atoms with E-state index in [0.29, 0.717) is 5.02 Å². The average molecular weight is 340 g/mol. The van der Waals surface area contributed by atoms with Gasteiger partial charge in [-0.3, -0.25) is 0 Å². The van der Waals surface area contributed by atoms with Crippen molar-refractivity contribution < 1.29 is 22.6 Å². The van der Waals surface area contributed by atoms with Crippen molar-refractivity contribution in [2.24, 2.45) is 0 Å². The minimum atomic E-state index is -4.77. The fourth-order valence-corrected chi connectivity index (χ4v) is 1.44. The maximum atomic E-state index is 12.4. The second-order valence-electron chi connectivity index (χ2n) is 5.70. The van der Waals surface area contributed by atoms with Crippen LogP contribution in [0.3, 0.4) is 0 Å². The highest BCUT2D eigenvalue weighted by atomic mass is 35.5. The quantitative estimate of drug-likeness (QED) is 0.598. The lowest BCUT2D eigenvalue weighted by Gasteiger charge is -2.39. The van der Waals surface area contributed by atoms with Crippen LogP contribution < -0.4 is 10.2 Å². The lowest BCUT2D eigenvalue weighted by Crippen LogP contribution is -2.45. The molecular formula is C13H17BClF3O2P. The molecule has 1 rings (SSSR count). The highest BCUT2D eigenvalue weighted by Gasteiger charge is 2.35. The van der Waals surface area contributed by atoms with Crippen molar-refractivity contribution in [3.63, 3.8) is 0 Å². The van der Waals surface area contributed by atoms with Crippen LogP contribution in [0, 0.1) is 0 Å². The second kappa shape index (κ2) is 6.35. The van der Waals surface area contributed by atoms with E-state index >= 15 is 0 Å². The monoisotopic (exact) mass is 339 g/mol. The highest BCUT2D eigenvalue weighted by Crippen LogP contribution is 2.33.